The second-order valence-corrected chi connectivity index (χ2v) is 2.20. The molecular weight excluding hydrogens is 136 g/mol. The van der Waals surface area contributed by atoms with Crippen molar-refractivity contribution in [1.82, 2.24) is 9.55 Å². The van der Waals surface area contributed by atoms with Gasteiger partial charge in [0.25, 0.3) is 0 Å². The largest absolute Gasteiger partial charge is 0.335 e. The van der Waals surface area contributed by atoms with E-state index in [-0.39, 0.29) is 0 Å². The topological polar surface area (TPSA) is 17.8 Å². The molecule has 2 nitrogen and oxygen atoms in total. The Morgan fingerprint density at radius 2 is 1.91 bits per heavy atom. The van der Waals surface area contributed by atoms with Gasteiger partial charge in [0.05, 0.1) is 12.0 Å². The molecule has 0 aliphatic heterocycles. The average Bonchev–Trinajstić information content (AvgIpc) is 2.37. The molecule has 0 spiro atoms. The van der Waals surface area contributed by atoms with Crippen molar-refractivity contribution in [3.63, 3.8) is 0 Å². The molecule has 2 heteroatoms. The Morgan fingerprint density at radius 3 is 2.09 bits per heavy atom. The number of aryl methyl sites for hydroxylation is 2. The van der Waals surface area contributed by atoms with Crippen molar-refractivity contribution < 1.29 is 0 Å². The molecule has 0 saturated heterocycles. The van der Waals surface area contributed by atoms with Crippen molar-refractivity contribution in [3.8, 4) is 0 Å². The van der Waals surface area contributed by atoms with E-state index in [0.29, 0.717) is 0 Å². The van der Waals surface area contributed by atoms with Gasteiger partial charge >= 0.3 is 0 Å². The Morgan fingerprint density at radius 1 is 1.36 bits per heavy atom. The molecule has 0 radical (unpaired) electrons. The Balaban J connectivity index is 0.000000461. The van der Waals surface area contributed by atoms with Crippen molar-refractivity contribution >= 4 is 0 Å². The molecule has 0 bridgehead atoms. The van der Waals surface area contributed by atoms with E-state index in [1.54, 1.807) is 0 Å². The number of imidazole rings is 1. The zero-order valence-electron chi connectivity index (χ0n) is 8.18. The summed E-state index contributed by atoms with van der Waals surface area (Å²) in [6.45, 7) is 11.3. The molecular formula is C9H18N2. The van der Waals surface area contributed by atoms with Gasteiger partial charge in [-0.1, -0.05) is 13.8 Å². The summed E-state index contributed by atoms with van der Waals surface area (Å²) in [4.78, 5) is 4.15. The van der Waals surface area contributed by atoms with Crippen LogP contribution in [0.2, 0.25) is 0 Å². The highest BCUT2D eigenvalue weighted by molar-refractivity contribution is 5.07. The molecule has 0 atom stereocenters. The van der Waals surface area contributed by atoms with Crippen LogP contribution in [0.4, 0.5) is 0 Å². The van der Waals surface area contributed by atoms with Crippen LogP contribution in [0.15, 0.2) is 6.33 Å². The summed E-state index contributed by atoms with van der Waals surface area (Å²) < 4.78 is 2.13. The van der Waals surface area contributed by atoms with Crippen LogP contribution in [0, 0.1) is 13.8 Å². The molecule has 0 aliphatic carbocycles. The first-order chi connectivity index (χ1) is 5.25. The van der Waals surface area contributed by atoms with Gasteiger partial charge in [0, 0.05) is 12.2 Å². The Kier molecular flexibility index (Phi) is 4.59. The van der Waals surface area contributed by atoms with Gasteiger partial charge in [-0.05, 0) is 20.8 Å². The summed E-state index contributed by atoms with van der Waals surface area (Å²) >= 11 is 0. The highest BCUT2D eigenvalue weighted by Gasteiger charge is 1.96. The lowest BCUT2D eigenvalue weighted by atomic mass is 10.4. The highest BCUT2D eigenvalue weighted by atomic mass is 15.0. The van der Waals surface area contributed by atoms with Crippen LogP contribution in [0.1, 0.15) is 32.2 Å². The first kappa shape index (κ1) is 10.2. The molecule has 1 heterocycles. The van der Waals surface area contributed by atoms with E-state index in [4.69, 9.17) is 0 Å². The third-order valence-corrected chi connectivity index (χ3v) is 1.69. The fraction of sp³-hybridized carbons (Fsp3) is 0.667. The Labute approximate surface area is 69.3 Å². The first-order valence-corrected chi connectivity index (χ1v) is 4.24. The van der Waals surface area contributed by atoms with Gasteiger partial charge in [-0.15, -0.1) is 0 Å². The fourth-order valence-corrected chi connectivity index (χ4v) is 0.863. The summed E-state index contributed by atoms with van der Waals surface area (Å²) in [6, 6.07) is 0. The SMILES string of the molecule is CC.CCn1cnc(C)c1C. The third-order valence-electron chi connectivity index (χ3n) is 1.69. The fourth-order valence-electron chi connectivity index (χ4n) is 0.863. The van der Waals surface area contributed by atoms with Crippen LogP contribution in [0.3, 0.4) is 0 Å². The molecule has 1 aromatic rings. The smallest absolute Gasteiger partial charge is 0.0951 e. The Hall–Kier alpha value is -0.790. The lowest BCUT2D eigenvalue weighted by Gasteiger charge is -1.97. The minimum atomic E-state index is 1.02. The number of rotatable bonds is 1. The molecule has 0 aromatic carbocycles. The summed E-state index contributed by atoms with van der Waals surface area (Å²) in [6.07, 6.45) is 1.88. The van der Waals surface area contributed by atoms with E-state index in [1.807, 2.05) is 27.1 Å². The minimum absolute atomic E-state index is 1.02. The van der Waals surface area contributed by atoms with Crippen LogP contribution >= 0.6 is 0 Å². The standard InChI is InChI=1S/C7H12N2.C2H6/c1-4-9-5-8-6(2)7(9)3;1-2/h5H,4H2,1-3H3;1-2H3. The lowest BCUT2D eigenvalue weighted by Crippen LogP contribution is -1.93. The molecule has 0 aliphatic rings. The van der Waals surface area contributed by atoms with Crippen LogP contribution in [0.5, 0.6) is 0 Å². The number of hydrogen-bond acceptors (Lipinski definition) is 1. The van der Waals surface area contributed by atoms with Crippen molar-refractivity contribution in [1.29, 1.82) is 0 Å². The second kappa shape index (κ2) is 4.94. The van der Waals surface area contributed by atoms with Crippen LogP contribution < -0.4 is 0 Å². The maximum absolute atomic E-state index is 4.15. The maximum Gasteiger partial charge on any atom is 0.0951 e. The molecule has 0 saturated carbocycles. The third kappa shape index (κ3) is 2.37. The number of hydrogen-bond donors (Lipinski definition) is 0. The molecule has 1 rings (SSSR count). The van der Waals surface area contributed by atoms with Crippen molar-refractivity contribution in [2.24, 2.45) is 0 Å². The van der Waals surface area contributed by atoms with Gasteiger partial charge in [-0.25, -0.2) is 4.98 Å². The number of aromatic nitrogens is 2. The van der Waals surface area contributed by atoms with Crippen LogP contribution in [-0.4, -0.2) is 9.55 Å². The summed E-state index contributed by atoms with van der Waals surface area (Å²) in [7, 11) is 0. The predicted octanol–water partition coefficient (Wildman–Crippen LogP) is 2.55. The zero-order valence-corrected chi connectivity index (χ0v) is 8.18. The van der Waals surface area contributed by atoms with Crippen molar-refractivity contribution in [3.05, 3.63) is 17.7 Å². The van der Waals surface area contributed by atoms with E-state index in [0.717, 1.165) is 12.2 Å². The summed E-state index contributed by atoms with van der Waals surface area (Å²) in [5, 5.41) is 0. The second-order valence-electron chi connectivity index (χ2n) is 2.20. The van der Waals surface area contributed by atoms with Crippen LogP contribution in [0.25, 0.3) is 0 Å². The van der Waals surface area contributed by atoms with Gasteiger partial charge in [0.15, 0.2) is 0 Å². The number of nitrogens with zero attached hydrogens (tertiary/aromatic N) is 2. The van der Waals surface area contributed by atoms with E-state index in [9.17, 15) is 0 Å². The lowest BCUT2D eigenvalue weighted by molar-refractivity contribution is 0.736. The molecule has 11 heavy (non-hydrogen) atoms. The van der Waals surface area contributed by atoms with Crippen molar-refractivity contribution in [2.75, 3.05) is 0 Å². The van der Waals surface area contributed by atoms with E-state index >= 15 is 0 Å². The van der Waals surface area contributed by atoms with E-state index in [1.165, 1.54) is 5.69 Å². The molecule has 1 aromatic heterocycles. The summed E-state index contributed by atoms with van der Waals surface area (Å²) in [5.41, 5.74) is 2.41. The van der Waals surface area contributed by atoms with Gasteiger partial charge in [-0.3, -0.25) is 0 Å². The van der Waals surface area contributed by atoms with Gasteiger partial charge < -0.3 is 4.57 Å². The first-order valence-electron chi connectivity index (χ1n) is 4.24. The quantitative estimate of drug-likeness (QED) is 0.608. The zero-order chi connectivity index (χ0) is 8.85. The average molecular weight is 154 g/mol. The minimum Gasteiger partial charge on any atom is -0.335 e. The Bertz CT molecular complexity index is 201. The van der Waals surface area contributed by atoms with Gasteiger partial charge in [-0.2, -0.15) is 0 Å². The normalized spacial score (nSPS) is 8.82. The van der Waals surface area contributed by atoms with E-state index < -0.39 is 0 Å². The predicted molar refractivity (Wildman–Crippen MR) is 48.7 cm³/mol. The summed E-state index contributed by atoms with van der Waals surface area (Å²) in [5.74, 6) is 0. The molecule has 0 N–H and O–H groups in total. The maximum atomic E-state index is 4.15. The van der Waals surface area contributed by atoms with Crippen LogP contribution in [-0.2, 0) is 6.54 Å². The molecule has 0 unspecified atom stereocenters. The highest BCUT2D eigenvalue weighted by Crippen LogP contribution is 2.02. The van der Waals surface area contributed by atoms with Gasteiger partial charge in [0.2, 0.25) is 0 Å². The van der Waals surface area contributed by atoms with Gasteiger partial charge in [0.1, 0.15) is 0 Å². The monoisotopic (exact) mass is 154 g/mol. The molecule has 0 fully saturated rings. The molecule has 0 amide bonds. The van der Waals surface area contributed by atoms with E-state index in [2.05, 4.69) is 23.4 Å². The van der Waals surface area contributed by atoms with Crippen molar-refractivity contribution in [2.45, 2.75) is 41.2 Å². The molecule has 64 valence electrons.